The Bertz CT molecular complexity index is 783. The van der Waals surface area contributed by atoms with Gasteiger partial charge in [0.1, 0.15) is 0 Å². The largest absolute Gasteiger partial charge is 0.478 e. The van der Waals surface area contributed by atoms with Gasteiger partial charge in [-0.25, -0.2) is 17.9 Å². The molecule has 8 heteroatoms. The van der Waals surface area contributed by atoms with Gasteiger partial charge in [0.15, 0.2) is 0 Å². The number of carbonyl (C=O) groups is 1. The lowest BCUT2D eigenvalue weighted by Crippen LogP contribution is -2.23. The maximum Gasteiger partial charge on any atom is 0.337 e. The van der Waals surface area contributed by atoms with Gasteiger partial charge in [0.2, 0.25) is 10.0 Å². The Morgan fingerprint density at radius 2 is 2.10 bits per heavy atom. The number of rotatable bonds is 5. The highest BCUT2D eigenvalue weighted by Crippen LogP contribution is 2.21. The first kappa shape index (κ1) is 16.0. The zero-order chi connectivity index (χ0) is 15.6. The smallest absolute Gasteiger partial charge is 0.337 e. The van der Waals surface area contributed by atoms with Crippen LogP contribution in [-0.4, -0.2) is 19.5 Å². The van der Waals surface area contributed by atoms with Gasteiger partial charge in [-0.3, -0.25) is 0 Å². The fraction of sp³-hybridized carbons (Fsp3) is 0.154. The number of sulfonamides is 1. The van der Waals surface area contributed by atoms with Crippen LogP contribution in [-0.2, 0) is 16.6 Å². The molecule has 0 saturated carbocycles. The number of aromatic carboxylic acids is 1. The van der Waals surface area contributed by atoms with Crippen LogP contribution in [0.1, 0.15) is 21.5 Å². The van der Waals surface area contributed by atoms with Crippen molar-refractivity contribution < 1.29 is 18.3 Å². The van der Waals surface area contributed by atoms with Crippen molar-refractivity contribution in [1.29, 1.82) is 0 Å². The molecule has 1 heterocycles. The van der Waals surface area contributed by atoms with E-state index in [2.05, 4.69) is 4.72 Å². The summed E-state index contributed by atoms with van der Waals surface area (Å²) in [5, 5.41) is 12.6. The Morgan fingerprint density at radius 1 is 1.38 bits per heavy atom. The maximum absolute atomic E-state index is 12.2. The summed E-state index contributed by atoms with van der Waals surface area (Å²) < 4.78 is 26.8. The number of aryl methyl sites for hydroxylation is 1. The molecule has 0 aliphatic heterocycles. The van der Waals surface area contributed by atoms with Crippen LogP contribution in [0.3, 0.4) is 0 Å². The first-order valence-corrected chi connectivity index (χ1v) is 8.66. The molecular weight excluding hydrogens is 334 g/mol. The Morgan fingerprint density at radius 3 is 2.62 bits per heavy atom. The van der Waals surface area contributed by atoms with Crippen molar-refractivity contribution in [3.8, 4) is 0 Å². The lowest BCUT2D eigenvalue weighted by atomic mass is 10.2. The average molecular weight is 346 g/mol. The van der Waals surface area contributed by atoms with Crippen LogP contribution in [0.4, 0.5) is 0 Å². The SMILES string of the molecule is Cc1cscc1CNS(=O)(=O)c1ccc(C(=O)O)c(Cl)c1. The van der Waals surface area contributed by atoms with Crippen LogP contribution in [0.15, 0.2) is 33.9 Å². The molecule has 1 aromatic carbocycles. The molecule has 0 spiro atoms. The van der Waals surface area contributed by atoms with Gasteiger partial charge in [0, 0.05) is 6.54 Å². The molecule has 1 aromatic heterocycles. The number of hydrogen-bond acceptors (Lipinski definition) is 4. The molecule has 0 atom stereocenters. The van der Waals surface area contributed by atoms with Crippen molar-refractivity contribution in [1.82, 2.24) is 4.72 Å². The van der Waals surface area contributed by atoms with Gasteiger partial charge in [-0.15, -0.1) is 0 Å². The molecule has 2 N–H and O–H groups in total. The molecule has 0 unspecified atom stereocenters. The molecule has 2 aromatic rings. The van der Waals surface area contributed by atoms with E-state index < -0.39 is 16.0 Å². The van der Waals surface area contributed by atoms with E-state index in [1.165, 1.54) is 23.5 Å². The van der Waals surface area contributed by atoms with Crippen LogP contribution < -0.4 is 4.72 Å². The normalized spacial score (nSPS) is 11.5. The molecule has 0 bridgehead atoms. The molecule has 0 fully saturated rings. The highest BCUT2D eigenvalue weighted by atomic mass is 35.5. The van der Waals surface area contributed by atoms with E-state index in [9.17, 15) is 13.2 Å². The Kier molecular flexibility index (Phi) is 4.67. The van der Waals surface area contributed by atoms with Gasteiger partial charge in [-0.05, 0) is 47.0 Å². The molecule has 112 valence electrons. The summed E-state index contributed by atoms with van der Waals surface area (Å²) in [4.78, 5) is 10.8. The third kappa shape index (κ3) is 3.62. The lowest BCUT2D eigenvalue weighted by molar-refractivity contribution is 0.0697. The lowest BCUT2D eigenvalue weighted by Gasteiger charge is -2.08. The molecule has 0 saturated heterocycles. The second-order valence-corrected chi connectivity index (χ2v) is 7.27. The predicted molar refractivity (Wildman–Crippen MR) is 81.5 cm³/mol. The van der Waals surface area contributed by atoms with Crippen molar-refractivity contribution in [2.24, 2.45) is 0 Å². The summed E-state index contributed by atoms with van der Waals surface area (Å²) in [6, 6.07) is 3.53. The minimum absolute atomic E-state index is 0.0645. The van der Waals surface area contributed by atoms with Crippen LogP contribution in [0, 0.1) is 6.92 Å². The molecule has 21 heavy (non-hydrogen) atoms. The van der Waals surface area contributed by atoms with Gasteiger partial charge < -0.3 is 5.11 Å². The third-order valence-electron chi connectivity index (χ3n) is 2.90. The van der Waals surface area contributed by atoms with Gasteiger partial charge >= 0.3 is 5.97 Å². The number of carboxylic acid groups (broad SMARTS) is 1. The second kappa shape index (κ2) is 6.15. The zero-order valence-electron chi connectivity index (χ0n) is 11.0. The van der Waals surface area contributed by atoms with Crippen LogP contribution in [0.25, 0.3) is 0 Å². The van der Waals surface area contributed by atoms with Crippen LogP contribution in [0.5, 0.6) is 0 Å². The van der Waals surface area contributed by atoms with E-state index in [1.807, 2.05) is 17.7 Å². The quantitative estimate of drug-likeness (QED) is 0.872. The topological polar surface area (TPSA) is 83.5 Å². The number of nitrogens with one attached hydrogen (secondary N) is 1. The number of thiophene rings is 1. The fourth-order valence-corrected chi connectivity index (χ4v) is 3.88. The molecular formula is C13H12ClNO4S2. The molecule has 0 aliphatic carbocycles. The highest BCUT2D eigenvalue weighted by Gasteiger charge is 2.18. The first-order chi connectivity index (χ1) is 9.81. The number of benzene rings is 1. The Balaban J connectivity index is 2.22. The van der Waals surface area contributed by atoms with E-state index >= 15 is 0 Å². The summed E-state index contributed by atoms with van der Waals surface area (Å²) in [5.41, 5.74) is 1.78. The van der Waals surface area contributed by atoms with E-state index in [0.717, 1.165) is 17.2 Å². The summed E-state index contributed by atoms with van der Waals surface area (Å²) >= 11 is 7.28. The first-order valence-electron chi connectivity index (χ1n) is 5.85. The molecule has 0 aliphatic rings. The standard InChI is InChI=1S/C13H12ClNO4S2/c1-8-6-20-7-9(8)5-15-21(18,19)10-2-3-11(13(16)17)12(14)4-10/h2-4,6-7,15H,5H2,1H3,(H,16,17). The van der Waals surface area contributed by atoms with Crippen molar-refractivity contribution in [3.05, 3.63) is 50.7 Å². The summed E-state index contributed by atoms with van der Waals surface area (Å²) in [7, 11) is -3.74. The maximum atomic E-state index is 12.2. The fourth-order valence-electron chi connectivity index (χ4n) is 1.66. The van der Waals surface area contributed by atoms with E-state index in [4.69, 9.17) is 16.7 Å². The van der Waals surface area contributed by atoms with Crippen molar-refractivity contribution in [2.75, 3.05) is 0 Å². The summed E-state index contributed by atoms with van der Waals surface area (Å²) in [6.45, 7) is 2.08. The van der Waals surface area contributed by atoms with Crippen molar-refractivity contribution >= 4 is 38.9 Å². The van der Waals surface area contributed by atoms with Crippen LogP contribution >= 0.6 is 22.9 Å². The highest BCUT2D eigenvalue weighted by molar-refractivity contribution is 7.89. The van der Waals surface area contributed by atoms with E-state index in [0.29, 0.717) is 0 Å². The number of hydrogen-bond donors (Lipinski definition) is 2. The Labute approximate surface area is 131 Å². The minimum atomic E-state index is -3.74. The van der Waals surface area contributed by atoms with Crippen molar-refractivity contribution in [3.63, 3.8) is 0 Å². The summed E-state index contributed by atoms with van der Waals surface area (Å²) in [5.74, 6) is -1.20. The van der Waals surface area contributed by atoms with E-state index in [-0.39, 0.29) is 22.0 Å². The monoisotopic (exact) mass is 345 g/mol. The predicted octanol–water partition coefficient (Wildman–Crippen LogP) is 2.89. The van der Waals surface area contributed by atoms with Gasteiger partial charge in [-0.1, -0.05) is 11.6 Å². The minimum Gasteiger partial charge on any atom is -0.478 e. The van der Waals surface area contributed by atoms with Gasteiger partial charge in [-0.2, -0.15) is 11.3 Å². The Hall–Kier alpha value is -1.41. The molecule has 0 radical (unpaired) electrons. The molecule has 2 rings (SSSR count). The number of carboxylic acids is 1. The zero-order valence-corrected chi connectivity index (χ0v) is 13.3. The average Bonchev–Trinajstić information content (AvgIpc) is 2.81. The summed E-state index contributed by atoms with van der Waals surface area (Å²) in [6.07, 6.45) is 0. The molecule has 0 amide bonds. The van der Waals surface area contributed by atoms with Crippen molar-refractivity contribution in [2.45, 2.75) is 18.4 Å². The third-order valence-corrected chi connectivity index (χ3v) is 5.52. The van der Waals surface area contributed by atoms with Gasteiger partial charge in [0.25, 0.3) is 0 Å². The van der Waals surface area contributed by atoms with Gasteiger partial charge in [0.05, 0.1) is 15.5 Å². The second-order valence-electron chi connectivity index (χ2n) is 4.35. The van der Waals surface area contributed by atoms with E-state index in [1.54, 1.807) is 0 Å². The number of halogens is 1. The molecule has 5 nitrogen and oxygen atoms in total. The van der Waals surface area contributed by atoms with Crippen LogP contribution in [0.2, 0.25) is 5.02 Å².